The molecule has 2 aromatic heterocycles. The van der Waals surface area contributed by atoms with Crippen LogP contribution in [0.15, 0.2) is 6.07 Å². The lowest BCUT2D eigenvalue weighted by Gasteiger charge is -2.10. The van der Waals surface area contributed by atoms with E-state index >= 15 is 0 Å². The van der Waals surface area contributed by atoms with Crippen molar-refractivity contribution in [2.45, 2.75) is 34.6 Å². The molecule has 0 bridgehead atoms. The first-order valence-electron chi connectivity index (χ1n) is 8.64. The first-order valence-corrected chi connectivity index (χ1v) is 9.87. The van der Waals surface area contributed by atoms with Gasteiger partial charge in [-0.15, -0.1) is 11.3 Å². The van der Waals surface area contributed by atoms with E-state index in [2.05, 4.69) is 20.6 Å². The van der Waals surface area contributed by atoms with E-state index in [1.54, 1.807) is 20.8 Å². The van der Waals surface area contributed by atoms with Gasteiger partial charge in [0.1, 0.15) is 9.88 Å². The van der Waals surface area contributed by atoms with Crippen molar-refractivity contribution in [1.29, 1.82) is 0 Å². The van der Waals surface area contributed by atoms with Gasteiger partial charge in [-0.2, -0.15) is 0 Å². The van der Waals surface area contributed by atoms with Crippen molar-refractivity contribution in [3.63, 3.8) is 0 Å². The standard InChI is InChI=1S/C18H22N4O4S2/c1-6-25-15(23)12-11(5)13(16(24)26-7-2)28-14(12)21-18(27)22-17-19-9(3)8-10(4)20-17/h8H,6-7H2,1-5H3,(H2,19,20,21,22,27). The summed E-state index contributed by atoms with van der Waals surface area (Å²) in [6, 6.07) is 1.84. The molecule has 150 valence electrons. The Morgan fingerprint density at radius 3 is 2.18 bits per heavy atom. The van der Waals surface area contributed by atoms with E-state index in [1.807, 2.05) is 19.9 Å². The van der Waals surface area contributed by atoms with Crippen LogP contribution in [0.1, 0.15) is 50.8 Å². The zero-order valence-corrected chi connectivity index (χ0v) is 18.0. The van der Waals surface area contributed by atoms with E-state index < -0.39 is 11.9 Å². The molecule has 2 rings (SSSR count). The Kier molecular flexibility index (Phi) is 7.41. The molecule has 0 amide bonds. The van der Waals surface area contributed by atoms with Crippen LogP contribution in [-0.2, 0) is 9.47 Å². The second kappa shape index (κ2) is 9.56. The monoisotopic (exact) mass is 422 g/mol. The molecule has 0 unspecified atom stereocenters. The first-order chi connectivity index (χ1) is 13.3. The number of anilines is 2. The number of carbonyl (C=O) groups is 2. The molecule has 0 aliphatic rings. The summed E-state index contributed by atoms with van der Waals surface area (Å²) in [5.74, 6) is -0.702. The van der Waals surface area contributed by atoms with Gasteiger partial charge in [-0.05, 0) is 58.5 Å². The Hall–Kier alpha value is -2.59. The van der Waals surface area contributed by atoms with Gasteiger partial charge in [0.2, 0.25) is 5.95 Å². The van der Waals surface area contributed by atoms with Gasteiger partial charge in [-0.25, -0.2) is 19.6 Å². The van der Waals surface area contributed by atoms with Gasteiger partial charge in [0.15, 0.2) is 5.11 Å². The van der Waals surface area contributed by atoms with E-state index in [0.29, 0.717) is 21.4 Å². The Morgan fingerprint density at radius 1 is 1.04 bits per heavy atom. The van der Waals surface area contributed by atoms with Crippen LogP contribution in [0.25, 0.3) is 0 Å². The van der Waals surface area contributed by atoms with Crippen LogP contribution in [0.5, 0.6) is 0 Å². The summed E-state index contributed by atoms with van der Waals surface area (Å²) in [4.78, 5) is 33.5. The van der Waals surface area contributed by atoms with E-state index in [4.69, 9.17) is 21.7 Å². The Balaban J connectivity index is 2.31. The van der Waals surface area contributed by atoms with E-state index in [-0.39, 0.29) is 23.9 Å². The number of aromatic nitrogens is 2. The van der Waals surface area contributed by atoms with Crippen molar-refractivity contribution in [2.24, 2.45) is 0 Å². The fourth-order valence-electron chi connectivity index (χ4n) is 2.46. The third kappa shape index (κ3) is 5.23. The van der Waals surface area contributed by atoms with Gasteiger partial charge in [0, 0.05) is 11.4 Å². The number of rotatable bonds is 6. The second-order valence-electron chi connectivity index (χ2n) is 5.75. The second-order valence-corrected chi connectivity index (χ2v) is 7.18. The van der Waals surface area contributed by atoms with E-state index in [0.717, 1.165) is 22.7 Å². The minimum atomic E-state index is -0.542. The number of nitrogens with zero attached hydrogens (tertiary/aromatic N) is 2. The van der Waals surface area contributed by atoms with Crippen molar-refractivity contribution in [3.8, 4) is 0 Å². The highest BCUT2D eigenvalue weighted by Gasteiger charge is 2.26. The number of thiophene rings is 1. The first kappa shape index (κ1) is 21.7. The smallest absolute Gasteiger partial charge is 0.348 e. The summed E-state index contributed by atoms with van der Waals surface area (Å²) in [7, 11) is 0. The molecule has 2 N–H and O–H groups in total. The summed E-state index contributed by atoms with van der Waals surface area (Å²) in [5.41, 5.74) is 2.32. The third-order valence-electron chi connectivity index (χ3n) is 3.52. The average molecular weight is 423 g/mol. The molecule has 28 heavy (non-hydrogen) atoms. The number of nitrogens with one attached hydrogen (secondary N) is 2. The minimum absolute atomic E-state index is 0.187. The summed E-state index contributed by atoms with van der Waals surface area (Å²) >= 11 is 6.40. The molecule has 0 fully saturated rings. The number of thiocarbonyl (C=S) groups is 1. The average Bonchev–Trinajstić information content (AvgIpc) is 2.90. The molecule has 8 nitrogen and oxygen atoms in total. The van der Waals surface area contributed by atoms with Crippen LogP contribution in [-0.4, -0.2) is 40.2 Å². The van der Waals surface area contributed by atoms with Crippen molar-refractivity contribution >= 4 is 51.6 Å². The lowest BCUT2D eigenvalue weighted by atomic mass is 10.1. The zero-order valence-electron chi connectivity index (χ0n) is 16.3. The number of aryl methyl sites for hydroxylation is 2. The number of hydrogen-bond acceptors (Lipinski definition) is 8. The molecule has 0 spiro atoms. The van der Waals surface area contributed by atoms with E-state index in [1.165, 1.54) is 0 Å². The topological polar surface area (TPSA) is 102 Å². The van der Waals surface area contributed by atoms with Crippen LogP contribution in [0.2, 0.25) is 0 Å². The fraction of sp³-hybridized carbons (Fsp3) is 0.389. The number of hydrogen-bond donors (Lipinski definition) is 2. The third-order valence-corrected chi connectivity index (χ3v) is 4.91. The van der Waals surface area contributed by atoms with Crippen molar-refractivity contribution in [3.05, 3.63) is 33.5 Å². The molecule has 0 saturated carbocycles. The maximum atomic E-state index is 12.4. The van der Waals surface area contributed by atoms with Crippen LogP contribution < -0.4 is 10.6 Å². The molecule has 0 atom stereocenters. The largest absolute Gasteiger partial charge is 0.462 e. The van der Waals surface area contributed by atoms with Gasteiger partial charge in [0.05, 0.1) is 18.8 Å². The minimum Gasteiger partial charge on any atom is -0.462 e. The van der Waals surface area contributed by atoms with Gasteiger partial charge in [-0.3, -0.25) is 0 Å². The zero-order chi connectivity index (χ0) is 20.8. The maximum absolute atomic E-state index is 12.4. The van der Waals surface area contributed by atoms with Gasteiger partial charge in [-0.1, -0.05) is 0 Å². The van der Waals surface area contributed by atoms with Crippen LogP contribution in [0.4, 0.5) is 10.9 Å². The predicted octanol–water partition coefficient (Wildman–Crippen LogP) is 3.63. The van der Waals surface area contributed by atoms with Crippen LogP contribution in [0.3, 0.4) is 0 Å². The Bertz CT molecular complexity index is 891. The van der Waals surface area contributed by atoms with Crippen LogP contribution >= 0.6 is 23.6 Å². The summed E-state index contributed by atoms with van der Waals surface area (Å²) < 4.78 is 10.2. The molecule has 0 aliphatic carbocycles. The molecule has 0 radical (unpaired) electrons. The molecule has 0 aliphatic heterocycles. The Labute approximate surface area is 172 Å². The highest BCUT2D eigenvalue weighted by Crippen LogP contribution is 2.34. The normalized spacial score (nSPS) is 10.3. The Morgan fingerprint density at radius 2 is 1.61 bits per heavy atom. The predicted molar refractivity (Wildman–Crippen MR) is 112 cm³/mol. The SMILES string of the molecule is CCOC(=O)c1sc(NC(=S)Nc2nc(C)cc(C)n2)c(C(=O)OCC)c1C. The van der Waals surface area contributed by atoms with Gasteiger partial charge >= 0.3 is 11.9 Å². The number of esters is 2. The summed E-state index contributed by atoms with van der Waals surface area (Å²) in [6.07, 6.45) is 0. The quantitative estimate of drug-likeness (QED) is 0.533. The molecule has 0 saturated heterocycles. The maximum Gasteiger partial charge on any atom is 0.348 e. The van der Waals surface area contributed by atoms with Gasteiger partial charge in [0.25, 0.3) is 0 Å². The van der Waals surface area contributed by atoms with Crippen molar-refractivity contribution < 1.29 is 19.1 Å². The number of carbonyl (C=O) groups excluding carboxylic acids is 2. The summed E-state index contributed by atoms with van der Waals surface area (Å²) in [6.45, 7) is 9.24. The lowest BCUT2D eigenvalue weighted by molar-refractivity contribution is 0.0527. The lowest BCUT2D eigenvalue weighted by Crippen LogP contribution is -2.22. The van der Waals surface area contributed by atoms with Crippen molar-refractivity contribution in [1.82, 2.24) is 9.97 Å². The molecule has 10 heteroatoms. The fourth-order valence-corrected chi connectivity index (χ4v) is 3.81. The summed E-state index contributed by atoms with van der Waals surface area (Å²) in [5, 5.41) is 6.41. The molecular formula is C18H22N4O4S2. The molecular weight excluding hydrogens is 400 g/mol. The van der Waals surface area contributed by atoms with Crippen molar-refractivity contribution in [2.75, 3.05) is 23.8 Å². The molecule has 2 heterocycles. The molecule has 2 aromatic rings. The molecule has 0 aromatic carbocycles. The highest BCUT2D eigenvalue weighted by molar-refractivity contribution is 7.80. The van der Waals surface area contributed by atoms with E-state index in [9.17, 15) is 9.59 Å². The van der Waals surface area contributed by atoms with Gasteiger partial charge < -0.3 is 20.1 Å². The number of ether oxygens (including phenoxy) is 2. The van der Waals surface area contributed by atoms with Crippen LogP contribution in [0, 0.1) is 20.8 Å². The highest BCUT2D eigenvalue weighted by atomic mass is 32.1.